The van der Waals surface area contributed by atoms with Gasteiger partial charge in [-0.1, -0.05) is 18.2 Å². The largest absolute Gasteiger partial charge is 0.465 e. The van der Waals surface area contributed by atoms with E-state index in [2.05, 4.69) is 4.74 Å². The SMILES string of the molecule is COC(=O)c1ccc(S(=O)(=O)N2CCC(N(C)Cc3cccc(C(F)(F)F)c3)CC2)c(C)c1. The van der Waals surface area contributed by atoms with Crippen LogP contribution in [0.25, 0.3) is 0 Å². The summed E-state index contributed by atoms with van der Waals surface area (Å²) in [6, 6.07) is 9.65. The summed E-state index contributed by atoms with van der Waals surface area (Å²) in [7, 11) is -0.636. The number of nitrogens with zero attached hydrogens (tertiary/aromatic N) is 2. The standard InChI is InChI=1S/C23H27F3N2O4S/c1-16-13-18(22(29)32-3)7-8-21(16)33(30,31)28-11-9-20(10-12-28)27(2)15-17-5-4-6-19(14-17)23(24,25)26/h4-8,13-14,20H,9-12,15H2,1-3H3. The number of benzene rings is 2. The second-order valence-corrected chi connectivity index (χ2v) is 10.1. The van der Waals surface area contributed by atoms with Crippen molar-refractivity contribution >= 4 is 16.0 Å². The Morgan fingerprint density at radius 3 is 2.39 bits per heavy atom. The van der Waals surface area contributed by atoms with Gasteiger partial charge in [0.1, 0.15) is 0 Å². The molecule has 0 N–H and O–H groups in total. The molecule has 0 aromatic heterocycles. The van der Waals surface area contributed by atoms with E-state index in [0.717, 1.165) is 12.1 Å². The molecule has 0 amide bonds. The summed E-state index contributed by atoms with van der Waals surface area (Å²) in [5.41, 5.74) is 0.622. The third kappa shape index (κ3) is 5.74. The third-order valence-electron chi connectivity index (χ3n) is 5.95. The van der Waals surface area contributed by atoms with Gasteiger partial charge in [-0.3, -0.25) is 4.90 Å². The minimum atomic E-state index is -4.39. The first-order valence-electron chi connectivity index (χ1n) is 10.5. The summed E-state index contributed by atoms with van der Waals surface area (Å²) in [5.74, 6) is -0.535. The highest BCUT2D eigenvalue weighted by Gasteiger charge is 2.33. The number of hydrogen-bond acceptors (Lipinski definition) is 5. The summed E-state index contributed by atoms with van der Waals surface area (Å²) >= 11 is 0. The lowest BCUT2D eigenvalue weighted by Crippen LogP contribution is -2.45. The van der Waals surface area contributed by atoms with Gasteiger partial charge in [-0.15, -0.1) is 0 Å². The lowest BCUT2D eigenvalue weighted by atomic mass is 10.0. The topological polar surface area (TPSA) is 66.9 Å². The Morgan fingerprint density at radius 2 is 1.82 bits per heavy atom. The van der Waals surface area contributed by atoms with Crippen LogP contribution < -0.4 is 0 Å². The normalized spacial score (nSPS) is 16.2. The van der Waals surface area contributed by atoms with Gasteiger partial charge in [0.15, 0.2) is 0 Å². The second kappa shape index (κ2) is 9.82. The van der Waals surface area contributed by atoms with Crippen molar-refractivity contribution in [3.8, 4) is 0 Å². The van der Waals surface area contributed by atoms with Gasteiger partial charge in [-0.25, -0.2) is 13.2 Å². The van der Waals surface area contributed by atoms with E-state index in [9.17, 15) is 26.4 Å². The zero-order chi connectivity index (χ0) is 24.4. The Balaban J connectivity index is 1.65. The monoisotopic (exact) mass is 484 g/mol. The van der Waals surface area contributed by atoms with E-state index in [4.69, 9.17) is 0 Å². The Kier molecular flexibility index (Phi) is 7.50. The molecule has 0 unspecified atom stereocenters. The first-order valence-corrected chi connectivity index (χ1v) is 11.9. The number of methoxy groups -OCH3 is 1. The van der Waals surface area contributed by atoms with E-state index >= 15 is 0 Å². The number of esters is 1. The molecule has 1 saturated heterocycles. The van der Waals surface area contributed by atoms with Crippen LogP contribution in [0, 0.1) is 6.92 Å². The second-order valence-electron chi connectivity index (χ2n) is 8.22. The highest BCUT2D eigenvalue weighted by molar-refractivity contribution is 7.89. The Hall–Kier alpha value is -2.43. The van der Waals surface area contributed by atoms with Crippen LogP contribution >= 0.6 is 0 Å². The number of carbonyl (C=O) groups excluding carboxylic acids is 1. The minimum absolute atomic E-state index is 0.0498. The number of aryl methyl sites for hydroxylation is 1. The van der Waals surface area contributed by atoms with Gasteiger partial charge >= 0.3 is 12.1 Å². The maximum absolute atomic E-state index is 13.1. The van der Waals surface area contributed by atoms with Crippen LogP contribution in [0.5, 0.6) is 0 Å². The molecule has 2 aromatic rings. The summed E-state index contributed by atoms with van der Waals surface area (Å²) in [6.07, 6.45) is -3.26. The van der Waals surface area contributed by atoms with Crippen molar-refractivity contribution in [2.75, 3.05) is 27.2 Å². The van der Waals surface area contributed by atoms with E-state index in [1.54, 1.807) is 13.0 Å². The molecule has 0 radical (unpaired) electrons. The molecule has 0 spiro atoms. The predicted octanol–water partition coefficient (Wildman–Crippen LogP) is 4.09. The predicted molar refractivity (Wildman–Crippen MR) is 117 cm³/mol. The average molecular weight is 485 g/mol. The van der Waals surface area contributed by atoms with Crippen molar-refractivity contribution in [2.24, 2.45) is 0 Å². The molecule has 33 heavy (non-hydrogen) atoms. The molecule has 0 bridgehead atoms. The van der Waals surface area contributed by atoms with Crippen LogP contribution in [0.2, 0.25) is 0 Å². The summed E-state index contributed by atoms with van der Waals surface area (Å²) in [4.78, 5) is 13.8. The maximum atomic E-state index is 13.1. The number of ether oxygens (including phenoxy) is 1. The van der Waals surface area contributed by atoms with Crippen LogP contribution in [0.4, 0.5) is 13.2 Å². The summed E-state index contributed by atoms with van der Waals surface area (Å²) in [5, 5.41) is 0. The van der Waals surface area contributed by atoms with E-state index in [1.807, 2.05) is 11.9 Å². The van der Waals surface area contributed by atoms with Gasteiger partial charge in [-0.05, 0) is 62.2 Å². The van der Waals surface area contributed by atoms with Crippen LogP contribution in [-0.2, 0) is 27.5 Å². The smallest absolute Gasteiger partial charge is 0.416 e. The van der Waals surface area contributed by atoms with Crippen molar-refractivity contribution in [3.63, 3.8) is 0 Å². The van der Waals surface area contributed by atoms with Gasteiger partial charge in [0.25, 0.3) is 0 Å². The van der Waals surface area contributed by atoms with Gasteiger partial charge in [0, 0.05) is 25.7 Å². The number of halogens is 3. The van der Waals surface area contributed by atoms with Gasteiger partial charge in [0.2, 0.25) is 10.0 Å². The van der Waals surface area contributed by atoms with Gasteiger partial charge < -0.3 is 4.74 Å². The molecule has 1 heterocycles. The van der Waals surface area contributed by atoms with Gasteiger partial charge in [0.05, 0.1) is 23.1 Å². The number of piperidine rings is 1. The molecule has 0 aliphatic carbocycles. The van der Waals surface area contributed by atoms with E-state index in [-0.39, 0.29) is 16.5 Å². The summed E-state index contributed by atoms with van der Waals surface area (Å²) < 4.78 is 71.3. The highest BCUT2D eigenvalue weighted by atomic mass is 32.2. The first kappa shape index (κ1) is 25.2. The highest BCUT2D eigenvalue weighted by Crippen LogP contribution is 2.30. The molecule has 0 saturated carbocycles. The molecule has 10 heteroatoms. The number of alkyl halides is 3. The zero-order valence-electron chi connectivity index (χ0n) is 18.7. The molecule has 3 rings (SSSR count). The Bertz CT molecular complexity index is 1110. The fourth-order valence-electron chi connectivity index (χ4n) is 4.11. The van der Waals surface area contributed by atoms with Crippen LogP contribution in [0.15, 0.2) is 47.4 Å². The molecule has 1 fully saturated rings. The molecule has 6 nitrogen and oxygen atoms in total. The van der Waals surface area contributed by atoms with Crippen molar-refractivity contribution in [1.29, 1.82) is 0 Å². The first-order chi connectivity index (χ1) is 15.4. The van der Waals surface area contributed by atoms with Crippen molar-refractivity contribution in [2.45, 2.75) is 43.4 Å². The number of carbonyl (C=O) groups is 1. The Labute approximate surface area is 192 Å². The lowest BCUT2D eigenvalue weighted by molar-refractivity contribution is -0.137. The van der Waals surface area contributed by atoms with Crippen molar-refractivity contribution in [3.05, 3.63) is 64.7 Å². The van der Waals surface area contributed by atoms with E-state index in [0.29, 0.717) is 43.6 Å². The molecular weight excluding hydrogens is 457 g/mol. The molecular formula is C23H27F3N2O4S. The Morgan fingerprint density at radius 1 is 1.15 bits per heavy atom. The van der Waals surface area contributed by atoms with Crippen molar-refractivity contribution in [1.82, 2.24) is 9.21 Å². The zero-order valence-corrected chi connectivity index (χ0v) is 19.5. The number of hydrogen-bond donors (Lipinski definition) is 0. The lowest BCUT2D eigenvalue weighted by Gasteiger charge is -2.36. The average Bonchev–Trinajstić information content (AvgIpc) is 2.78. The van der Waals surface area contributed by atoms with E-state index < -0.39 is 27.7 Å². The fourth-order valence-corrected chi connectivity index (χ4v) is 5.78. The maximum Gasteiger partial charge on any atom is 0.416 e. The molecule has 1 aliphatic rings. The molecule has 2 aromatic carbocycles. The van der Waals surface area contributed by atoms with Crippen LogP contribution in [0.1, 0.15) is 39.9 Å². The van der Waals surface area contributed by atoms with Crippen molar-refractivity contribution < 1.29 is 31.1 Å². The van der Waals surface area contributed by atoms with Crippen LogP contribution in [0.3, 0.4) is 0 Å². The summed E-state index contributed by atoms with van der Waals surface area (Å²) in [6.45, 7) is 2.58. The van der Waals surface area contributed by atoms with Gasteiger partial charge in [-0.2, -0.15) is 17.5 Å². The number of sulfonamides is 1. The van der Waals surface area contributed by atoms with Crippen LogP contribution in [-0.4, -0.2) is 56.9 Å². The molecule has 180 valence electrons. The molecule has 0 atom stereocenters. The molecule has 1 aliphatic heterocycles. The fraction of sp³-hybridized carbons (Fsp3) is 0.435. The minimum Gasteiger partial charge on any atom is -0.465 e. The number of rotatable bonds is 6. The van der Waals surface area contributed by atoms with E-state index in [1.165, 1.54) is 35.7 Å². The third-order valence-corrected chi connectivity index (χ3v) is 8.01. The quantitative estimate of drug-likeness (QED) is 0.578.